The lowest BCUT2D eigenvalue weighted by Crippen LogP contribution is -2.38. The largest absolute Gasteiger partial charge is 0.395 e. The zero-order valence-corrected chi connectivity index (χ0v) is 9.02. The molecular weight excluding hydrogens is 212 g/mol. The van der Waals surface area contributed by atoms with Gasteiger partial charge in [0.05, 0.1) is 6.61 Å². The Morgan fingerprint density at radius 3 is 2.69 bits per heavy atom. The van der Waals surface area contributed by atoms with Crippen LogP contribution >= 0.6 is 0 Å². The number of aliphatic hydroxyl groups is 1. The van der Waals surface area contributed by atoms with E-state index in [0.717, 1.165) is 4.57 Å². The summed E-state index contributed by atoms with van der Waals surface area (Å²) in [6.07, 6.45) is 0. The van der Waals surface area contributed by atoms with Crippen molar-refractivity contribution in [1.29, 1.82) is 5.26 Å². The molecule has 7 nitrogen and oxygen atoms in total. The van der Waals surface area contributed by atoms with Gasteiger partial charge in [0.2, 0.25) is 0 Å². The van der Waals surface area contributed by atoms with E-state index in [-0.39, 0.29) is 24.5 Å². The second-order valence-corrected chi connectivity index (χ2v) is 3.27. The first-order chi connectivity index (χ1) is 7.52. The van der Waals surface area contributed by atoms with E-state index in [1.807, 2.05) is 0 Å². The van der Waals surface area contributed by atoms with Gasteiger partial charge < -0.3 is 10.0 Å². The summed E-state index contributed by atoms with van der Waals surface area (Å²) in [7, 11) is 2.86. The van der Waals surface area contributed by atoms with Crippen molar-refractivity contribution in [2.45, 2.75) is 0 Å². The third kappa shape index (κ3) is 1.97. The Bertz CT molecular complexity index is 537. The zero-order valence-electron chi connectivity index (χ0n) is 9.02. The average Bonchev–Trinajstić information content (AvgIpc) is 2.26. The Kier molecular flexibility index (Phi) is 3.48. The molecule has 86 valence electrons. The van der Waals surface area contributed by atoms with Crippen molar-refractivity contribution >= 4 is 5.82 Å². The third-order valence-corrected chi connectivity index (χ3v) is 2.21. The fraction of sp³-hybridized carbons (Fsp3) is 0.444. The summed E-state index contributed by atoms with van der Waals surface area (Å²) in [6.45, 7) is 0.0798. The molecule has 0 radical (unpaired) electrons. The van der Waals surface area contributed by atoms with Crippen molar-refractivity contribution in [1.82, 2.24) is 9.55 Å². The van der Waals surface area contributed by atoms with E-state index in [0.29, 0.717) is 0 Å². The van der Waals surface area contributed by atoms with Crippen LogP contribution in [0, 0.1) is 11.3 Å². The number of nitrogens with zero attached hydrogens (tertiary/aromatic N) is 3. The Labute approximate surface area is 91.2 Å². The van der Waals surface area contributed by atoms with E-state index >= 15 is 0 Å². The number of nitriles is 1. The number of anilines is 1. The van der Waals surface area contributed by atoms with E-state index in [1.165, 1.54) is 11.9 Å². The lowest BCUT2D eigenvalue weighted by molar-refractivity contribution is 0.303. The maximum Gasteiger partial charge on any atom is 0.329 e. The number of aromatic nitrogens is 2. The number of rotatable bonds is 3. The minimum atomic E-state index is -0.647. The smallest absolute Gasteiger partial charge is 0.329 e. The summed E-state index contributed by atoms with van der Waals surface area (Å²) >= 11 is 0. The van der Waals surface area contributed by atoms with Crippen molar-refractivity contribution in [3.63, 3.8) is 0 Å². The molecule has 1 aromatic heterocycles. The lowest BCUT2D eigenvalue weighted by atomic mass is 10.3. The molecule has 0 amide bonds. The Balaban J connectivity index is 3.47. The third-order valence-electron chi connectivity index (χ3n) is 2.21. The zero-order chi connectivity index (χ0) is 12.3. The van der Waals surface area contributed by atoms with Crippen LogP contribution in [0.1, 0.15) is 5.56 Å². The molecule has 0 aliphatic heterocycles. The van der Waals surface area contributed by atoms with Gasteiger partial charge in [-0.05, 0) is 0 Å². The number of hydrogen-bond donors (Lipinski definition) is 2. The lowest BCUT2D eigenvalue weighted by Gasteiger charge is -2.18. The molecule has 0 aliphatic rings. The molecule has 1 rings (SSSR count). The number of likely N-dealkylation sites (N-methyl/N-ethyl adjacent to an activating group) is 1. The first-order valence-electron chi connectivity index (χ1n) is 4.58. The van der Waals surface area contributed by atoms with Gasteiger partial charge in [-0.15, -0.1) is 0 Å². The maximum atomic E-state index is 11.6. The first-order valence-corrected chi connectivity index (χ1v) is 4.58. The highest BCUT2D eigenvalue weighted by Crippen LogP contribution is 2.08. The molecule has 2 N–H and O–H groups in total. The van der Waals surface area contributed by atoms with E-state index in [9.17, 15) is 9.59 Å². The quantitative estimate of drug-likeness (QED) is 0.642. The van der Waals surface area contributed by atoms with Gasteiger partial charge in [-0.3, -0.25) is 14.3 Å². The average molecular weight is 224 g/mol. The molecule has 0 saturated heterocycles. The van der Waals surface area contributed by atoms with Gasteiger partial charge >= 0.3 is 5.69 Å². The van der Waals surface area contributed by atoms with E-state index in [1.54, 1.807) is 13.1 Å². The monoisotopic (exact) mass is 224 g/mol. The SMILES string of the molecule is CN(CCO)c1[nH]c(=O)n(C)c(=O)c1C#N. The molecule has 0 atom stereocenters. The molecule has 1 aromatic rings. The molecule has 0 aliphatic carbocycles. The minimum absolute atomic E-state index is 0.129. The number of H-pyrrole nitrogens is 1. The summed E-state index contributed by atoms with van der Waals surface area (Å²) in [4.78, 5) is 26.8. The summed E-state index contributed by atoms with van der Waals surface area (Å²) < 4.78 is 0.828. The van der Waals surface area contributed by atoms with Crippen molar-refractivity contribution in [3.8, 4) is 6.07 Å². The van der Waals surface area contributed by atoms with Crippen LogP contribution in [0.25, 0.3) is 0 Å². The van der Waals surface area contributed by atoms with Crippen LogP contribution in [0.3, 0.4) is 0 Å². The van der Waals surface area contributed by atoms with Gasteiger partial charge in [-0.2, -0.15) is 5.26 Å². The summed E-state index contributed by atoms with van der Waals surface area (Å²) in [5.74, 6) is 0.129. The normalized spacial score (nSPS) is 9.88. The molecule has 0 saturated carbocycles. The predicted molar refractivity (Wildman–Crippen MR) is 57.4 cm³/mol. The van der Waals surface area contributed by atoms with E-state index in [4.69, 9.17) is 10.4 Å². The highest BCUT2D eigenvalue weighted by molar-refractivity contribution is 5.51. The molecule has 16 heavy (non-hydrogen) atoms. The van der Waals surface area contributed by atoms with Crippen LogP contribution in [-0.2, 0) is 7.05 Å². The van der Waals surface area contributed by atoms with Crippen LogP contribution in [0.5, 0.6) is 0 Å². The van der Waals surface area contributed by atoms with Gasteiger partial charge in [0.1, 0.15) is 11.9 Å². The van der Waals surface area contributed by atoms with Crippen molar-refractivity contribution < 1.29 is 5.11 Å². The molecular formula is C9H12N4O3. The van der Waals surface area contributed by atoms with Crippen molar-refractivity contribution in [2.75, 3.05) is 25.1 Å². The maximum absolute atomic E-state index is 11.6. The first kappa shape index (κ1) is 12.0. The van der Waals surface area contributed by atoms with E-state index < -0.39 is 11.2 Å². The summed E-state index contributed by atoms with van der Waals surface area (Å²) in [5, 5.41) is 17.6. The molecule has 0 unspecified atom stereocenters. The number of hydrogen-bond acceptors (Lipinski definition) is 5. The summed E-state index contributed by atoms with van der Waals surface area (Å²) in [5.41, 5.74) is -1.38. The summed E-state index contributed by atoms with van der Waals surface area (Å²) in [6, 6.07) is 1.74. The highest BCUT2D eigenvalue weighted by atomic mass is 16.3. The molecule has 0 aromatic carbocycles. The van der Waals surface area contributed by atoms with Crippen LogP contribution in [0.15, 0.2) is 9.59 Å². The predicted octanol–water partition coefficient (Wildman–Crippen LogP) is -1.63. The number of nitrogens with one attached hydrogen (secondary N) is 1. The van der Waals surface area contributed by atoms with Gasteiger partial charge in [0, 0.05) is 20.6 Å². The fourth-order valence-corrected chi connectivity index (χ4v) is 1.26. The molecule has 0 fully saturated rings. The van der Waals surface area contributed by atoms with Crippen LogP contribution in [-0.4, -0.2) is 34.9 Å². The van der Waals surface area contributed by atoms with Crippen molar-refractivity contribution in [3.05, 3.63) is 26.4 Å². The second-order valence-electron chi connectivity index (χ2n) is 3.27. The Morgan fingerprint density at radius 2 is 2.19 bits per heavy atom. The van der Waals surface area contributed by atoms with Crippen LogP contribution in [0.4, 0.5) is 5.82 Å². The van der Waals surface area contributed by atoms with E-state index in [2.05, 4.69) is 4.98 Å². The Hall–Kier alpha value is -2.07. The molecule has 7 heteroatoms. The number of aromatic amines is 1. The Morgan fingerprint density at radius 1 is 1.56 bits per heavy atom. The van der Waals surface area contributed by atoms with Crippen LogP contribution < -0.4 is 16.1 Å². The second kappa shape index (κ2) is 4.63. The van der Waals surface area contributed by atoms with Gasteiger partial charge in [-0.1, -0.05) is 0 Å². The number of aliphatic hydroxyl groups excluding tert-OH is 1. The molecule has 0 spiro atoms. The molecule has 0 bridgehead atoms. The van der Waals surface area contributed by atoms with Gasteiger partial charge in [0.25, 0.3) is 5.56 Å². The van der Waals surface area contributed by atoms with Crippen molar-refractivity contribution in [2.24, 2.45) is 7.05 Å². The topological polar surface area (TPSA) is 102 Å². The van der Waals surface area contributed by atoms with Gasteiger partial charge in [-0.25, -0.2) is 4.79 Å². The molecule has 1 heterocycles. The fourth-order valence-electron chi connectivity index (χ4n) is 1.26. The highest BCUT2D eigenvalue weighted by Gasteiger charge is 2.14. The van der Waals surface area contributed by atoms with Crippen LogP contribution in [0.2, 0.25) is 0 Å². The standard InChI is InChI=1S/C9H12N4O3/c1-12(3-4-14)7-6(5-10)8(15)13(2)9(16)11-7/h14H,3-4H2,1-2H3,(H,11,16). The minimum Gasteiger partial charge on any atom is -0.395 e. The van der Waals surface area contributed by atoms with Gasteiger partial charge in [0.15, 0.2) is 5.56 Å².